The minimum absolute atomic E-state index is 0.136. The van der Waals surface area contributed by atoms with Gasteiger partial charge in [0.1, 0.15) is 11.7 Å². The number of aryl methyl sites for hydroxylation is 1. The lowest BCUT2D eigenvalue weighted by Gasteiger charge is -2.27. The highest BCUT2D eigenvalue weighted by Crippen LogP contribution is 2.40. The molecule has 0 saturated carbocycles. The van der Waals surface area contributed by atoms with E-state index in [2.05, 4.69) is 0 Å². The van der Waals surface area contributed by atoms with E-state index >= 15 is 0 Å². The van der Waals surface area contributed by atoms with E-state index in [1.165, 1.54) is 4.90 Å². The molecule has 2 aromatic carbocycles. The number of ketones is 1. The molecule has 0 aromatic heterocycles. The molecule has 0 spiro atoms. The molecule has 6 nitrogen and oxygen atoms in total. The van der Waals surface area contributed by atoms with Crippen LogP contribution in [0.3, 0.4) is 0 Å². The van der Waals surface area contributed by atoms with Crippen molar-refractivity contribution in [2.75, 3.05) is 18.6 Å². The van der Waals surface area contributed by atoms with E-state index in [1.807, 2.05) is 19.1 Å². The maximum atomic E-state index is 12.8. The molecule has 2 aromatic rings. The fraction of sp³-hybridized carbons (Fsp3) is 0.286. The van der Waals surface area contributed by atoms with Crippen LogP contribution in [0, 0.1) is 12.8 Å². The molecule has 1 saturated heterocycles. The van der Waals surface area contributed by atoms with Crippen molar-refractivity contribution in [3.8, 4) is 5.75 Å². The van der Waals surface area contributed by atoms with Gasteiger partial charge in [-0.3, -0.25) is 19.3 Å². The van der Waals surface area contributed by atoms with Crippen molar-refractivity contribution in [2.45, 2.75) is 19.9 Å². The van der Waals surface area contributed by atoms with Crippen LogP contribution < -0.4 is 9.64 Å². The maximum absolute atomic E-state index is 12.8. The summed E-state index contributed by atoms with van der Waals surface area (Å²) in [6.07, 6.45) is 0. The molecule has 3 rings (SSSR count). The Labute approximate surface area is 157 Å². The van der Waals surface area contributed by atoms with Crippen molar-refractivity contribution in [1.82, 2.24) is 0 Å². The molecule has 0 bridgehead atoms. The Morgan fingerprint density at radius 1 is 1.04 bits per heavy atom. The van der Waals surface area contributed by atoms with E-state index in [9.17, 15) is 14.4 Å². The molecule has 1 amide bonds. The number of Topliss-reactive ketones (excluding diaryl/α,β-unsaturated/α-hetero) is 1. The Kier molecular flexibility index (Phi) is 5.26. The summed E-state index contributed by atoms with van der Waals surface area (Å²) in [5.41, 5.74) is 2.25. The third kappa shape index (κ3) is 3.43. The summed E-state index contributed by atoms with van der Waals surface area (Å²) in [5, 5.41) is 0. The highest BCUT2D eigenvalue weighted by Gasteiger charge is 2.53. The van der Waals surface area contributed by atoms with Gasteiger partial charge in [0.15, 0.2) is 0 Å². The van der Waals surface area contributed by atoms with E-state index in [4.69, 9.17) is 9.47 Å². The van der Waals surface area contributed by atoms with E-state index in [-0.39, 0.29) is 6.61 Å². The Balaban J connectivity index is 2.10. The molecule has 1 aliphatic rings. The van der Waals surface area contributed by atoms with Gasteiger partial charge in [0, 0.05) is 5.69 Å². The second-order valence-electron chi connectivity index (χ2n) is 6.32. The number of benzene rings is 2. The van der Waals surface area contributed by atoms with Crippen LogP contribution in [-0.4, -0.2) is 31.4 Å². The van der Waals surface area contributed by atoms with Crippen LogP contribution in [0.1, 0.15) is 24.1 Å². The third-order valence-electron chi connectivity index (χ3n) is 4.62. The van der Waals surface area contributed by atoms with Gasteiger partial charge < -0.3 is 9.47 Å². The monoisotopic (exact) mass is 367 g/mol. The van der Waals surface area contributed by atoms with Gasteiger partial charge in [0.2, 0.25) is 5.78 Å². The predicted molar refractivity (Wildman–Crippen MR) is 99.5 cm³/mol. The van der Waals surface area contributed by atoms with E-state index in [1.54, 1.807) is 50.4 Å². The molecule has 0 unspecified atom stereocenters. The number of ether oxygens (including phenoxy) is 2. The van der Waals surface area contributed by atoms with Crippen LogP contribution >= 0.6 is 0 Å². The quantitative estimate of drug-likeness (QED) is 0.462. The third-order valence-corrected chi connectivity index (χ3v) is 4.62. The van der Waals surface area contributed by atoms with E-state index in [0.29, 0.717) is 17.0 Å². The van der Waals surface area contributed by atoms with Gasteiger partial charge in [-0.15, -0.1) is 0 Å². The lowest BCUT2D eigenvalue weighted by Crippen LogP contribution is -2.31. The average molecular weight is 367 g/mol. The van der Waals surface area contributed by atoms with Gasteiger partial charge in [-0.25, -0.2) is 0 Å². The summed E-state index contributed by atoms with van der Waals surface area (Å²) in [4.78, 5) is 39.3. The highest BCUT2D eigenvalue weighted by atomic mass is 16.5. The van der Waals surface area contributed by atoms with Crippen LogP contribution in [0.15, 0.2) is 48.5 Å². The summed E-state index contributed by atoms with van der Waals surface area (Å²) >= 11 is 0. The fourth-order valence-electron chi connectivity index (χ4n) is 3.26. The Bertz CT molecular complexity index is 857. The summed E-state index contributed by atoms with van der Waals surface area (Å²) in [6, 6.07) is 13.5. The standard InChI is InChI=1S/C21H21NO5/c1-4-27-21(25)17-18(14-7-11-16(26-3)12-8-14)22(20(24)19(17)23)15-9-5-13(2)6-10-15/h5-12,17-18H,4H2,1-3H3/t17-,18-/m0/s1. The zero-order valence-corrected chi connectivity index (χ0v) is 15.5. The SMILES string of the molecule is CCOC(=O)[C@@H]1C(=O)C(=O)N(c2ccc(C)cc2)[C@H]1c1ccc(OC)cc1. The number of carbonyl (C=O) groups excluding carboxylic acids is 3. The topological polar surface area (TPSA) is 72.9 Å². The minimum Gasteiger partial charge on any atom is -0.497 e. The van der Waals surface area contributed by atoms with Crippen molar-refractivity contribution < 1.29 is 23.9 Å². The van der Waals surface area contributed by atoms with Gasteiger partial charge in [-0.2, -0.15) is 0 Å². The first kappa shape index (κ1) is 18.6. The number of anilines is 1. The van der Waals surface area contributed by atoms with Crippen molar-refractivity contribution in [1.29, 1.82) is 0 Å². The number of rotatable bonds is 5. The molecule has 1 fully saturated rings. The molecule has 27 heavy (non-hydrogen) atoms. The number of amides is 1. The van der Waals surface area contributed by atoms with Gasteiger partial charge in [0.25, 0.3) is 5.91 Å². The summed E-state index contributed by atoms with van der Waals surface area (Å²) in [5.74, 6) is -2.71. The number of hydrogen-bond donors (Lipinski definition) is 0. The first-order valence-electron chi connectivity index (χ1n) is 8.72. The second kappa shape index (κ2) is 7.61. The van der Waals surface area contributed by atoms with Crippen LogP contribution in [0.5, 0.6) is 5.75 Å². The maximum Gasteiger partial charge on any atom is 0.319 e. The molecule has 0 aliphatic carbocycles. The highest BCUT2D eigenvalue weighted by molar-refractivity contribution is 6.47. The molecule has 6 heteroatoms. The number of methoxy groups -OCH3 is 1. The molecule has 2 atom stereocenters. The summed E-state index contributed by atoms with van der Waals surface area (Å²) in [6.45, 7) is 3.74. The number of carbonyl (C=O) groups is 3. The van der Waals surface area contributed by atoms with Crippen molar-refractivity contribution in [2.24, 2.45) is 5.92 Å². The lowest BCUT2D eigenvalue weighted by molar-refractivity contribution is -0.152. The van der Waals surface area contributed by atoms with Crippen molar-refractivity contribution >= 4 is 23.3 Å². The van der Waals surface area contributed by atoms with E-state index < -0.39 is 29.6 Å². The summed E-state index contributed by atoms with van der Waals surface area (Å²) in [7, 11) is 1.55. The second-order valence-corrected chi connectivity index (χ2v) is 6.32. The molecule has 0 radical (unpaired) electrons. The number of esters is 1. The number of hydrogen-bond acceptors (Lipinski definition) is 5. The molecule has 140 valence electrons. The molecular formula is C21H21NO5. The van der Waals surface area contributed by atoms with Crippen molar-refractivity contribution in [3.05, 3.63) is 59.7 Å². The van der Waals surface area contributed by atoms with Crippen LogP contribution in [0.25, 0.3) is 0 Å². The first-order valence-corrected chi connectivity index (χ1v) is 8.72. The zero-order chi connectivity index (χ0) is 19.6. The van der Waals surface area contributed by atoms with Crippen LogP contribution in [-0.2, 0) is 19.1 Å². The fourth-order valence-corrected chi connectivity index (χ4v) is 3.26. The van der Waals surface area contributed by atoms with Gasteiger partial charge >= 0.3 is 5.97 Å². The molecular weight excluding hydrogens is 346 g/mol. The Morgan fingerprint density at radius 2 is 1.67 bits per heavy atom. The smallest absolute Gasteiger partial charge is 0.319 e. The van der Waals surface area contributed by atoms with E-state index in [0.717, 1.165) is 5.56 Å². The van der Waals surface area contributed by atoms with Gasteiger partial charge in [-0.1, -0.05) is 29.8 Å². The molecule has 1 aliphatic heterocycles. The minimum atomic E-state index is -1.20. The van der Waals surface area contributed by atoms with Crippen LogP contribution in [0.4, 0.5) is 5.69 Å². The summed E-state index contributed by atoms with van der Waals surface area (Å²) < 4.78 is 10.3. The van der Waals surface area contributed by atoms with Gasteiger partial charge in [-0.05, 0) is 43.7 Å². The molecule has 0 N–H and O–H groups in total. The largest absolute Gasteiger partial charge is 0.497 e. The van der Waals surface area contributed by atoms with Crippen LogP contribution in [0.2, 0.25) is 0 Å². The predicted octanol–water partition coefficient (Wildman–Crippen LogP) is 2.84. The molecule has 1 heterocycles. The lowest BCUT2D eigenvalue weighted by atomic mass is 9.92. The average Bonchev–Trinajstić information content (AvgIpc) is 2.94. The first-order chi connectivity index (χ1) is 13.0. The number of nitrogens with zero attached hydrogens (tertiary/aromatic N) is 1. The van der Waals surface area contributed by atoms with Crippen molar-refractivity contribution in [3.63, 3.8) is 0 Å². The normalized spacial score (nSPS) is 19.3. The Morgan fingerprint density at radius 3 is 2.22 bits per heavy atom. The Hall–Kier alpha value is -3.15. The van der Waals surface area contributed by atoms with Gasteiger partial charge in [0.05, 0.1) is 19.8 Å². The zero-order valence-electron chi connectivity index (χ0n) is 15.5.